The molecule has 20 heavy (non-hydrogen) atoms. The minimum atomic E-state index is -0.0512. The van der Waals surface area contributed by atoms with Gasteiger partial charge in [0.05, 0.1) is 6.54 Å². The second-order valence-electron chi connectivity index (χ2n) is 5.05. The maximum Gasteiger partial charge on any atom is 0.217 e. The summed E-state index contributed by atoms with van der Waals surface area (Å²) in [5.41, 5.74) is 2.23. The Morgan fingerprint density at radius 3 is 2.45 bits per heavy atom. The zero-order valence-electron chi connectivity index (χ0n) is 12.1. The number of piperazine rings is 1. The number of carbonyl (C=O) groups is 1. The highest BCUT2D eigenvalue weighted by Crippen LogP contribution is 2.16. The van der Waals surface area contributed by atoms with Crippen LogP contribution in [0.3, 0.4) is 0 Å². The van der Waals surface area contributed by atoms with E-state index in [1.807, 2.05) is 12.1 Å². The zero-order chi connectivity index (χ0) is 14.4. The lowest BCUT2D eigenvalue weighted by Crippen LogP contribution is -2.44. The van der Waals surface area contributed by atoms with Crippen molar-refractivity contribution in [1.29, 1.82) is 0 Å². The highest BCUT2D eigenvalue weighted by atomic mass is 16.1. The van der Waals surface area contributed by atoms with E-state index in [1.165, 1.54) is 12.6 Å². The Morgan fingerprint density at radius 1 is 1.20 bits per heavy atom. The van der Waals surface area contributed by atoms with E-state index in [9.17, 15) is 4.79 Å². The van der Waals surface area contributed by atoms with Gasteiger partial charge in [0.25, 0.3) is 0 Å². The monoisotopic (exact) mass is 271 g/mol. The van der Waals surface area contributed by atoms with Crippen LogP contribution in [0.25, 0.3) is 0 Å². The van der Waals surface area contributed by atoms with Crippen LogP contribution in [0.15, 0.2) is 24.3 Å². The molecule has 1 aromatic carbocycles. The summed E-state index contributed by atoms with van der Waals surface area (Å²) in [4.78, 5) is 15.5. The van der Waals surface area contributed by atoms with Crippen molar-refractivity contribution in [3.05, 3.63) is 29.8 Å². The molecule has 1 fully saturated rings. The summed E-state index contributed by atoms with van der Waals surface area (Å²) in [5.74, 6) is 5.93. The van der Waals surface area contributed by atoms with Crippen LogP contribution in [0.2, 0.25) is 0 Å². The van der Waals surface area contributed by atoms with Gasteiger partial charge in [-0.1, -0.05) is 11.8 Å². The summed E-state index contributed by atoms with van der Waals surface area (Å²) in [5, 5.41) is 2.66. The molecule has 1 saturated heterocycles. The minimum Gasteiger partial charge on any atom is -0.369 e. The van der Waals surface area contributed by atoms with E-state index >= 15 is 0 Å². The van der Waals surface area contributed by atoms with Crippen LogP contribution in [0.4, 0.5) is 5.69 Å². The fraction of sp³-hybridized carbons (Fsp3) is 0.438. The second-order valence-corrected chi connectivity index (χ2v) is 5.05. The number of likely N-dealkylation sites (N-methyl/N-ethyl adjacent to an activating group) is 1. The Hall–Kier alpha value is -1.99. The lowest BCUT2D eigenvalue weighted by Gasteiger charge is -2.34. The molecule has 1 aromatic rings. The van der Waals surface area contributed by atoms with Gasteiger partial charge in [-0.3, -0.25) is 4.79 Å². The van der Waals surface area contributed by atoms with E-state index in [-0.39, 0.29) is 5.91 Å². The summed E-state index contributed by atoms with van der Waals surface area (Å²) in [6.45, 7) is 6.26. The number of nitrogens with zero attached hydrogens (tertiary/aromatic N) is 2. The van der Waals surface area contributed by atoms with Crippen LogP contribution in [-0.4, -0.2) is 50.6 Å². The first-order valence-corrected chi connectivity index (χ1v) is 6.92. The van der Waals surface area contributed by atoms with E-state index in [0.29, 0.717) is 6.54 Å². The molecule has 0 atom stereocenters. The van der Waals surface area contributed by atoms with Gasteiger partial charge in [-0.25, -0.2) is 0 Å². The van der Waals surface area contributed by atoms with Gasteiger partial charge in [0.2, 0.25) is 5.91 Å². The number of carbonyl (C=O) groups excluding carboxylic acids is 1. The van der Waals surface area contributed by atoms with Crippen molar-refractivity contribution < 1.29 is 4.79 Å². The predicted octanol–water partition coefficient (Wildman–Crippen LogP) is 0.926. The first kappa shape index (κ1) is 14.4. The van der Waals surface area contributed by atoms with Crippen LogP contribution in [0, 0.1) is 11.8 Å². The molecule has 4 nitrogen and oxygen atoms in total. The molecule has 0 aliphatic carbocycles. The second kappa shape index (κ2) is 6.97. The molecule has 1 aliphatic rings. The summed E-state index contributed by atoms with van der Waals surface area (Å²) in [7, 11) is 2.16. The zero-order valence-corrected chi connectivity index (χ0v) is 12.1. The van der Waals surface area contributed by atoms with Gasteiger partial charge in [-0.2, -0.15) is 0 Å². The number of anilines is 1. The molecule has 4 heteroatoms. The van der Waals surface area contributed by atoms with Gasteiger partial charge >= 0.3 is 0 Å². The molecule has 0 radical (unpaired) electrons. The number of rotatable bonds is 2. The van der Waals surface area contributed by atoms with Crippen molar-refractivity contribution in [2.24, 2.45) is 0 Å². The van der Waals surface area contributed by atoms with E-state index in [0.717, 1.165) is 31.7 Å². The number of hydrogen-bond donors (Lipinski definition) is 1. The highest BCUT2D eigenvalue weighted by Gasteiger charge is 2.13. The minimum absolute atomic E-state index is 0.0512. The van der Waals surface area contributed by atoms with Crippen LogP contribution >= 0.6 is 0 Å². The molecular weight excluding hydrogens is 250 g/mol. The molecule has 0 spiro atoms. The molecule has 106 valence electrons. The molecule has 0 unspecified atom stereocenters. The van der Waals surface area contributed by atoms with Crippen molar-refractivity contribution >= 4 is 11.6 Å². The average molecular weight is 271 g/mol. The lowest BCUT2D eigenvalue weighted by atomic mass is 10.2. The number of nitrogens with one attached hydrogen (secondary N) is 1. The van der Waals surface area contributed by atoms with Crippen LogP contribution in [-0.2, 0) is 4.79 Å². The molecule has 0 saturated carbocycles. The van der Waals surface area contributed by atoms with Crippen molar-refractivity contribution in [3.8, 4) is 11.8 Å². The molecule has 1 N–H and O–H groups in total. The maximum absolute atomic E-state index is 10.7. The van der Waals surface area contributed by atoms with E-state index < -0.39 is 0 Å². The predicted molar refractivity (Wildman–Crippen MR) is 81.7 cm³/mol. The SMILES string of the molecule is CC(=O)NCC#Cc1ccc(N2CCN(C)CC2)cc1. The Balaban J connectivity index is 1.91. The van der Waals surface area contributed by atoms with Gasteiger partial charge in [-0.05, 0) is 31.3 Å². The van der Waals surface area contributed by atoms with Gasteiger partial charge in [0.15, 0.2) is 0 Å². The fourth-order valence-corrected chi connectivity index (χ4v) is 2.14. The smallest absolute Gasteiger partial charge is 0.217 e. The van der Waals surface area contributed by atoms with Crippen LogP contribution in [0.1, 0.15) is 12.5 Å². The van der Waals surface area contributed by atoms with Gasteiger partial charge in [0, 0.05) is 44.4 Å². The largest absolute Gasteiger partial charge is 0.369 e. The highest BCUT2D eigenvalue weighted by molar-refractivity contribution is 5.73. The Bertz CT molecular complexity index is 505. The first-order chi connectivity index (χ1) is 9.65. The Morgan fingerprint density at radius 2 is 1.85 bits per heavy atom. The third-order valence-corrected chi connectivity index (χ3v) is 3.39. The third kappa shape index (κ3) is 4.29. The summed E-state index contributed by atoms with van der Waals surface area (Å²) in [6, 6.07) is 8.31. The molecule has 1 heterocycles. The molecule has 0 aromatic heterocycles. The Kier molecular flexibility index (Phi) is 5.03. The topological polar surface area (TPSA) is 35.6 Å². The average Bonchev–Trinajstić information content (AvgIpc) is 2.45. The number of amides is 1. The van der Waals surface area contributed by atoms with E-state index in [4.69, 9.17) is 0 Å². The van der Waals surface area contributed by atoms with Crippen molar-refractivity contribution in [1.82, 2.24) is 10.2 Å². The van der Waals surface area contributed by atoms with E-state index in [2.05, 4.69) is 46.1 Å². The third-order valence-electron chi connectivity index (χ3n) is 3.39. The molecular formula is C16H21N3O. The fourth-order valence-electron chi connectivity index (χ4n) is 2.14. The maximum atomic E-state index is 10.7. The molecule has 2 rings (SSSR count). The normalized spacial score (nSPS) is 15.4. The van der Waals surface area contributed by atoms with Gasteiger partial charge in [-0.15, -0.1) is 0 Å². The molecule has 1 aliphatic heterocycles. The standard InChI is InChI=1S/C16H21N3O/c1-14(20)17-9-3-4-15-5-7-16(8-6-15)19-12-10-18(2)11-13-19/h5-8H,9-13H2,1-2H3,(H,17,20). The summed E-state index contributed by atoms with van der Waals surface area (Å²) < 4.78 is 0. The van der Waals surface area contributed by atoms with Gasteiger partial charge in [0.1, 0.15) is 0 Å². The van der Waals surface area contributed by atoms with Crippen LogP contribution < -0.4 is 10.2 Å². The van der Waals surface area contributed by atoms with Crippen LogP contribution in [0.5, 0.6) is 0 Å². The van der Waals surface area contributed by atoms with E-state index in [1.54, 1.807) is 0 Å². The van der Waals surface area contributed by atoms with Crippen molar-refractivity contribution in [2.45, 2.75) is 6.92 Å². The van der Waals surface area contributed by atoms with Gasteiger partial charge < -0.3 is 15.1 Å². The quantitative estimate of drug-likeness (QED) is 0.813. The number of benzene rings is 1. The lowest BCUT2D eigenvalue weighted by molar-refractivity contribution is -0.118. The molecule has 0 bridgehead atoms. The summed E-state index contributed by atoms with van der Waals surface area (Å²) in [6.07, 6.45) is 0. The van der Waals surface area contributed by atoms with Crippen molar-refractivity contribution in [2.75, 3.05) is 44.7 Å². The Labute approximate surface area is 120 Å². The number of hydrogen-bond acceptors (Lipinski definition) is 3. The first-order valence-electron chi connectivity index (χ1n) is 6.92. The summed E-state index contributed by atoms with van der Waals surface area (Å²) >= 11 is 0. The van der Waals surface area contributed by atoms with Crippen molar-refractivity contribution in [3.63, 3.8) is 0 Å². The molecule has 1 amide bonds.